The Morgan fingerprint density at radius 2 is 2.00 bits per heavy atom. The van der Waals surface area contributed by atoms with Gasteiger partial charge >= 0.3 is 0 Å². The van der Waals surface area contributed by atoms with Crippen molar-refractivity contribution < 1.29 is 9.13 Å². The molecule has 0 aliphatic rings. The number of hydrogen-bond donors (Lipinski definition) is 1. The second-order valence-electron chi connectivity index (χ2n) is 3.79. The molecule has 0 aliphatic heterocycles. The summed E-state index contributed by atoms with van der Waals surface area (Å²) >= 11 is 3.23. The molecule has 0 saturated carbocycles. The summed E-state index contributed by atoms with van der Waals surface area (Å²) in [4.78, 5) is 0. The lowest BCUT2D eigenvalue weighted by atomic mass is 10.2. The van der Waals surface area contributed by atoms with Gasteiger partial charge in [0.2, 0.25) is 0 Å². The van der Waals surface area contributed by atoms with Gasteiger partial charge in [-0.05, 0) is 24.3 Å². The molecule has 1 N–H and O–H groups in total. The van der Waals surface area contributed by atoms with Gasteiger partial charge in [0.1, 0.15) is 11.6 Å². The van der Waals surface area contributed by atoms with Gasteiger partial charge in [0.25, 0.3) is 0 Å². The Kier molecular flexibility index (Phi) is 4.20. The molecule has 0 heterocycles. The maximum Gasteiger partial charge on any atom is 0.147 e. The molecule has 0 saturated heterocycles. The molecule has 2 nitrogen and oxygen atoms in total. The van der Waals surface area contributed by atoms with Gasteiger partial charge in [-0.1, -0.05) is 34.1 Å². The summed E-state index contributed by atoms with van der Waals surface area (Å²) in [5.74, 6) is 0.516. The smallest absolute Gasteiger partial charge is 0.147 e. The van der Waals surface area contributed by atoms with Crippen molar-refractivity contribution in [3.63, 3.8) is 0 Å². The molecular formula is C14H13BrFNO. The third-order valence-corrected chi connectivity index (χ3v) is 3.09. The van der Waals surface area contributed by atoms with E-state index >= 15 is 0 Å². The molecule has 4 heteroatoms. The molecule has 0 aromatic heterocycles. The highest BCUT2D eigenvalue weighted by atomic mass is 79.9. The predicted octanol–water partition coefficient (Wildman–Crippen LogP) is 4.21. The monoisotopic (exact) mass is 309 g/mol. The Bertz CT molecular complexity index is 545. The van der Waals surface area contributed by atoms with E-state index in [9.17, 15) is 4.39 Å². The van der Waals surface area contributed by atoms with Gasteiger partial charge in [-0.3, -0.25) is 0 Å². The molecule has 0 unspecified atom stereocenters. The fourth-order valence-corrected chi connectivity index (χ4v) is 2.01. The van der Waals surface area contributed by atoms with E-state index in [4.69, 9.17) is 4.74 Å². The van der Waals surface area contributed by atoms with Crippen molar-refractivity contribution in [3.05, 3.63) is 58.3 Å². The highest BCUT2D eigenvalue weighted by Crippen LogP contribution is 2.22. The van der Waals surface area contributed by atoms with Crippen LogP contribution < -0.4 is 10.1 Å². The van der Waals surface area contributed by atoms with E-state index in [2.05, 4.69) is 21.2 Å². The van der Waals surface area contributed by atoms with Gasteiger partial charge in [-0.2, -0.15) is 0 Å². The summed E-state index contributed by atoms with van der Waals surface area (Å²) in [6.45, 7) is 0.516. The minimum Gasteiger partial charge on any atom is -0.496 e. The topological polar surface area (TPSA) is 21.3 Å². The van der Waals surface area contributed by atoms with E-state index in [1.165, 1.54) is 6.07 Å². The van der Waals surface area contributed by atoms with Crippen LogP contribution in [0.25, 0.3) is 0 Å². The highest BCUT2D eigenvalue weighted by Gasteiger charge is 2.04. The van der Waals surface area contributed by atoms with Crippen molar-refractivity contribution >= 4 is 21.6 Å². The van der Waals surface area contributed by atoms with Crippen molar-refractivity contribution in [1.29, 1.82) is 0 Å². The number of ether oxygens (including phenoxy) is 1. The van der Waals surface area contributed by atoms with Crippen LogP contribution in [-0.4, -0.2) is 7.11 Å². The molecule has 0 aliphatic carbocycles. The first-order valence-corrected chi connectivity index (χ1v) is 6.31. The Balaban J connectivity index is 2.11. The molecule has 0 fully saturated rings. The van der Waals surface area contributed by atoms with Crippen LogP contribution in [0.5, 0.6) is 5.75 Å². The third kappa shape index (κ3) is 3.01. The van der Waals surface area contributed by atoms with Crippen LogP contribution in [0.4, 0.5) is 10.1 Å². The molecule has 2 rings (SSSR count). The average molecular weight is 310 g/mol. The largest absolute Gasteiger partial charge is 0.496 e. The zero-order valence-corrected chi connectivity index (χ0v) is 11.5. The van der Waals surface area contributed by atoms with E-state index in [-0.39, 0.29) is 5.82 Å². The van der Waals surface area contributed by atoms with E-state index in [1.807, 2.05) is 24.3 Å². The van der Waals surface area contributed by atoms with Crippen LogP contribution in [-0.2, 0) is 6.54 Å². The minimum atomic E-state index is -0.278. The zero-order chi connectivity index (χ0) is 13.0. The van der Waals surface area contributed by atoms with Gasteiger partial charge in [-0.25, -0.2) is 4.39 Å². The summed E-state index contributed by atoms with van der Waals surface area (Å²) in [6.07, 6.45) is 0. The van der Waals surface area contributed by atoms with Gasteiger partial charge in [-0.15, -0.1) is 0 Å². The zero-order valence-electron chi connectivity index (χ0n) is 9.91. The number of para-hydroxylation sites is 1. The molecule has 0 radical (unpaired) electrons. The molecule has 0 spiro atoms. The van der Waals surface area contributed by atoms with Crippen molar-refractivity contribution in [1.82, 2.24) is 0 Å². The van der Waals surface area contributed by atoms with E-state index in [1.54, 1.807) is 19.2 Å². The molecule has 0 atom stereocenters. The Morgan fingerprint density at radius 3 is 2.72 bits per heavy atom. The molecular weight excluding hydrogens is 297 g/mol. The number of nitrogens with one attached hydrogen (secondary N) is 1. The summed E-state index contributed by atoms with van der Waals surface area (Å²) in [6, 6.07) is 12.6. The molecule has 0 amide bonds. The number of halogens is 2. The normalized spacial score (nSPS) is 10.2. The van der Waals surface area contributed by atoms with Crippen LogP contribution >= 0.6 is 15.9 Å². The quantitative estimate of drug-likeness (QED) is 0.913. The number of benzene rings is 2. The van der Waals surface area contributed by atoms with Gasteiger partial charge in [0.15, 0.2) is 0 Å². The lowest BCUT2D eigenvalue weighted by molar-refractivity contribution is 0.410. The highest BCUT2D eigenvalue weighted by molar-refractivity contribution is 9.10. The summed E-state index contributed by atoms with van der Waals surface area (Å²) < 4.78 is 19.6. The van der Waals surface area contributed by atoms with Gasteiger partial charge in [0, 0.05) is 16.6 Å². The van der Waals surface area contributed by atoms with Crippen LogP contribution in [0.1, 0.15) is 5.56 Å². The summed E-state index contributed by atoms with van der Waals surface area (Å²) in [5, 5.41) is 3.06. The van der Waals surface area contributed by atoms with E-state index in [0.717, 1.165) is 15.8 Å². The first-order valence-electron chi connectivity index (χ1n) is 5.51. The fraction of sp³-hybridized carbons (Fsp3) is 0.143. The Labute approximate surface area is 114 Å². The molecule has 2 aromatic carbocycles. The lowest BCUT2D eigenvalue weighted by Crippen LogP contribution is -2.03. The third-order valence-electron chi connectivity index (χ3n) is 2.59. The summed E-state index contributed by atoms with van der Waals surface area (Å²) in [7, 11) is 1.62. The second kappa shape index (κ2) is 5.87. The Morgan fingerprint density at radius 1 is 1.22 bits per heavy atom. The average Bonchev–Trinajstić information content (AvgIpc) is 2.38. The van der Waals surface area contributed by atoms with Crippen LogP contribution in [0.2, 0.25) is 0 Å². The van der Waals surface area contributed by atoms with Crippen LogP contribution in [0.3, 0.4) is 0 Å². The first kappa shape index (κ1) is 12.9. The van der Waals surface area contributed by atoms with Crippen molar-refractivity contribution in [2.45, 2.75) is 6.54 Å². The number of hydrogen-bond acceptors (Lipinski definition) is 2. The van der Waals surface area contributed by atoms with Crippen LogP contribution in [0, 0.1) is 5.82 Å². The van der Waals surface area contributed by atoms with Crippen LogP contribution in [0.15, 0.2) is 46.9 Å². The first-order chi connectivity index (χ1) is 8.70. The molecule has 94 valence electrons. The number of methoxy groups -OCH3 is 1. The van der Waals surface area contributed by atoms with Crippen molar-refractivity contribution in [3.8, 4) is 5.75 Å². The van der Waals surface area contributed by atoms with Crippen molar-refractivity contribution in [2.75, 3.05) is 12.4 Å². The van der Waals surface area contributed by atoms with Gasteiger partial charge < -0.3 is 10.1 Å². The maximum atomic E-state index is 13.6. The lowest BCUT2D eigenvalue weighted by Gasteiger charge is -2.11. The molecule has 2 aromatic rings. The molecule has 18 heavy (non-hydrogen) atoms. The van der Waals surface area contributed by atoms with Gasteiger partial charge in [0.05, 0.1) is 12.8 Å². The van der Waals surface area contributed by atoms with E-state index in [0.29, 0.717) is 12.2 Å². The maximum absolute atomic E-state index is 13.6. The van der Waals surface area contributed by atoms with E-state index < -0.39 is 0 Å². The fourth-order valence-electron chi connectivity index (χ4n) is 1.67. The minimum absolute atomic E-state index is 0.278. The Hall–Kier alpha value is -1.55. The summed E-state index contributed by atoms with van der Waals surface area (Å²) in [5.41, 5.74) is 1.46. The number of anilines is 1. The number of rotatable bonds is 4. The second-order valence-corrected chi connectivity index (χ2v) is 4.71. The standard InChI is InChI=1S/C14H13BrFNO/c1-18-14-5-3-2-4-10(14)9-17-13-7-6-11(15)8-12(13)16/h2-8,17H,9H2,1H3. The van der Waals surface area contributed by atoms with Crippen molar-refractivity contribution in [2.24, 2.45) is 0 Å². The molecule has 0 bridgehead atoms. The SMILES string of the molecule is COc1ccccc1CNc1ccc(Br)cc1F. The predicted molar refractivity (Wildman–Crippen MR) is 74.4 cm³/mol.